The van der Waals surface area contributed by atoms with Crippen molar-refractivity contribution in [3.8, 4) is 0 Å². The fraction of sp³-hybridized carbons (Fsp3) is 0.333. The van der Waals surface area contributed by atoms with E-state index >= 15 is 0 Å². The SMILES string of the molecule is CCCc1nc(Cl)cc(NC(C)c2ccccc2Cl)n1. The maximum atomic E-state index is 6.20. The highest BCUT2D eigenvalue weighted by molar-refractivity contribution is 6.31. The number of nitrogens with one attached hydrogen (secondary N) is 1. The summed E-state index contributed by atoms with van der Waals surface area (Å²) in [6, 6.07) is 9.53. The Kier molecular flexibility index (Phi) is 5.21. The van der Waals surface area contributed by atoms with E-state index in [1.165, 1.54) is 0 Å². The Labute approximate surface area is 129 Å². The molecule has 0 radical (unpaired) electrons. The number of nitrogens with zero attached hydrogens (tertiary/aromatic N) is 2. The minimum Gasteiger partial charge on any atom is -0.363 e. The summed E-state index contributed by atoms with van der Waals surface area (Å²) in [4.78, 5) is 8.68. The third kappa shape index (κ3) is 3.84. The van der Waals surface area contributed by atoms with Crippen LogP contribution in [0.3, 0.4) is 0 Å². The van der Waals surface area contributed by atoms with Crippen molar-refractivity contribution in [2.75, 3.05) is 5.32 Å². The summed E-state index contributed by atoms with van der Waals surface area (Å²) in [5.41, 5.74) is 1.03. The molecule has 1 N–H and O–H groups in total. The average Bonchev–Trinajstić information content (AvgIpc) is 2.38. The number of hydrogen-bond donors (Lipinski definition) is 1. The van der Waals surface area contributed by atoms with E-state index in [-0.39, 0.29) is 6.04 Å². The highest BCUT2D eigenvalue weighted by Crippen LogP contribution is 2.25. The topological polar surface area (TPSA) is 37.8 Å². The molecule has 0 fully saturated rings. The molecule has 106 valence electrons. The minimum atomic E-state index is 0.0455. The van der Waals surface area contributed by atoms with E-state index < -0.39 is 0 Å². The van der Waals surface area contributed by atoms with Crippen molar-refractivity contribution in [1.82, 2.24) is 9.97 Å². The van der Waals surface area contributed by atoms with E-state index in [1.54, 1.807) is 6.07 Å². The summed E-state index contributed by atoms with van der Waals surface area (Å²) in [6.45, 7) is 4.13. The van der Waals surface area contributed by atoms with Gasteiger partial charge in [0, 0.05) is 17.5 Å². The fourth-order valence-electron chi connectivity index (χ4n) is 2.00. The van der Waals surface area contributed by atoms with Gasteiger partial charge in [-0.3, -0.25) is 0 Å². The molecule has 0 aliphatic heterocycles. The van der Waals surface area contributed by atoms with E-state index in [1.807, 2.05) is 31.2 Å². The molecule has 1 unspecified atom stereocenters. The minimum absolute atomic E-state index is 0.0455. The molecular weight excluding hydrogens is 293 g/mol. The van der Waals surface area contributed by atoms with Crippen LogP contribution in [-0.4, -0.2) is 9.97 Å². The van der Waals surface area contributed by atoms with E-state index in [2.05, 4.69) is 22.2 Å². The van der Waals surface area contributed by atoms with Gasteiger partial charge in [-0.1, -0.05) is 48.3 Å². The molecule has 0 aliphatic carbocycles. The lowest BCUT2D eigenvalue weighted by Crippen LogP contribution is -2.10. The first-order valence-corrected chi connectivity index (χ1v) is 7.40. The van der Waals surface area contributed by atoms with Gasteiger partial charge < -0.3 is 5.32 Å². The van der Waals surface area contributed by atoms with Crippen LogP contribution in [0.1, 0.15) is 37.7 Å². The van der Waals surface area contributed by atoms with E-state index in [9.17, 15) is 0 Å². The molecule has 1 heterocycles. The van der Waals surface area contributed by atoms with Gasteiger partial charge in [0.1, 0.15) is 16.8 Å². The molecule has 0 spiro atoms. The number of benzene rings is 1. The molecule has 3 nitrogen and oxygen atoms in total. The van der Waals surface area contributed by atoms with Gasteiger partial charge in [-0.25, -0.2) is 9.97 Å². The van der Waals surface area contributed by atoms with Crippen molar-refractivity contribution in [3.63, 3.8) is 0 Å². The molecule has 2 rings (SSSR count). The lowest BCUT2D eigenvalue weighted by Gasteiger charge is -2.16. The van der Waals surface area contributed by atoms with Crippen LogP contribution >= 0.6 is 23.2 Å². The molecular formula is C15H17Cl2N3. The normalized spacial score (nSPS) is 12.2. The van der Waals surface area contributed by atoms with Gasteiger partial charge >= 0.3 is 0 Å². The standard InChI is InChI=1S/C15H17Cl2N3/c1-3-6-14-19-13(17)9-15(20-14)18-10(2)11-7-4-5-8-12(11)16/h4-5,7-10H,3,6H2,1-2H3,(H,18,19,20). The number of aromatic nitrogens is 2. The van der Waals surface area contributed by atoms with Crippen molar-refractivity contribution in [1.29, 1.82) is 0 Å². The van der Waals surface area contributed by atoms with Crippen molar-refractivity contribution in [2.45, 2.75) is 32.7 Å². The maximum absolute atomic E-state index is 6.20. The maximum Gasteiger partial charge on any atom is 0.134 e. The average molecular weight is 310 g/mol. The van der Waals surface area contributed by atoms with Crippen LogP contribution in [0.2, 0.25) is 10.2 Å². The molecule has 0 amide bonds. The Morgan fingerprint density at radius 3 is 2.65 bits per heavy atom. The first-order valence-electron chi connectivity index (χ1n) is 6.64. The molecule has 0 saturated carbocycles. The third-order valence-electron chi connectivity index (χ3n) is 2.95. The van der Waals surface area contributed by atoms with Gasteiger partial charge in [-0.05, 0) is 25.0 Å². The molecule has 2 aromatic rings. The second-order valence-electron chi connectivity index (χ2n) is 4.63. The summed E-state index contributed by atoms with van der Waals surface area (Å²) in [7, 11) is 0. The van der Waals surface area contributed by atoms with Gasteiger partial charge in [-0.15, -0.1) is 0 Å². The van der Waals surface area contributed by atoms with Crippen molar-refractivity contribution in [2.24, 2.45) is 0 Å². The second kappa shape index (κ2) is 6.91. The first kappa shape index (κ1) is 15.1. The first-order chi connectivity index (χ1) is 9.60. The number of aryl methyl sites for hydroxylation is 1. The monoisotopic (exact) mass is 309 g/mol. The quantitative estimate of drug-likeness (QED) is 0.797. The van der Waals surface area contributed by atoms with Crippen LogP contribution < -0.4 is 5.32 Å². The van der Waals surface area contributed by atoms with Crippen LogP contribution in [0.25, 0.3) is 0 Å². The molecule has 1 aromatic heterocycles. The van der Waals surface area contributed by atoms with E-state index in [0.29, 0.717) is 5.15 Å². The molecule has 5 heteroatoms. The lowest BCUT2D eigenvalue weighted by molar-refractivity contribution is 0.819. The number of rotatable bonds is 5. The predicted molar refractivity (Wildman–Crippen MR) is 84.5 cm³/mol. The summed E-state index contributed by atoms with van der Waals surface area (Å²) in [6.07, 6.45) is 1.80. The fourth-order valence-corrected chi connectivity index (χ4v) is 2.50. The summed E-state index contributed by atoms with van der Waals surface area (Å²) < 4.78 is 0. The third-order valence-corrected chi connectivity index (χ3v) is 3.49. The lowest BCUT2D eigenvalue weighted by atomic mass is 10.1. The molecule has 0 saturated heterocycles. The zero-order valence-corrected chi connectivity index (χ0v) is 13.0. The molecule has 1 atom stereocenters. The van der Waals surface area contributed by atoms with Crippen LogP contribution in [-0.2, 0) is 6.42 Å². The number of anilines is 1. The number of halogens is 2. The van der Waals surface area contributed by atoms with Gasteiger partial charge in [0.2, 0.25) is 0 Å². The van der Waals surface area contributed by atoms with Crippen molar-refractivity contribution >= 4 is 29.0 Å². The Hall–Kier alpha value is -1.32. The molecule has 0 bridgehead atoms. The van der Waals surface area contributed by atoms with E-state index in [0.717, 1.165) is 35.1 Å². The highest BCUT2D eigenvalue weighted by atomic mass is 35.5. The highest BCUT2D eigenvalue weighted by Gasteiger charge is 2.11. The second-order valence-corrected chi connectivity index (χ2v) is 5.42. The Morgan fingerprint density at radius 1 is 1.20 bits per heavy atom. The zero-order chi connectivity index (χ0) is 14.5. The largest absolute Gasteiger partial charge is 0.363 e. The summed E-state index contributed by atoms with van der Waals surface area (Å²) in [5, 5.41) is 4.51. The van der Waals surface area contributed by atoms with Crippen molar-refractivity contribution in [3.05, 3.63) is 51.9 Å². The summed E-state index contributed by atoms with van der Waals surface area (Å²) >= 11 is 12.2. The van der Waals surface area contributed by atoms with Crippen LogP contribution in [0.5, 0.6) is 0 Å². The molecule has 20 heavy (non-hydrogen) atoms. The zero-order valence-electron chi connectivity index (χ0n) is 11.5. The van der Waals surface area contributed by atoms with Crippen LogP contribution in [0, 0.1) is 0 Å². The number of hydrogen-bond acceptors (Lipinski definition) is 3. The Morgan fingerprint density at radius 2 is 1.95 bits per heavy atom. The van der Waals surface area contributed by atoms with Gasteiger partial charge in [0.25, 0.3) is 0 Å². The van der Waals surface area contributed by atoms with Crippen LogP contribution in [0.15, 0.2) is 30.3 Å². The molecule has 0 aliphatic rings. The smallest absolute Gasteiger partial charge is 0.134 e. The molecule has 1 aromatic carbocycles. The Bertz CT molecular complexity index is 587. The van der Waals surface area contributed by atoms with E-state index in [4.69, 9.17) is 23.2 Å². The van der Waals surface area contributed by atoms with Gasteiger partial charge in [-0.2, -0.15) is 0 Å². The van der Waals surface area contributed by atoms with Gasteiger partial charge in [0.05, 0.1) is 6.04 Å². The Balaban J connectivity index is 2.19. The van der Waals surface area contributed by atoms with Crippen molar-refractivity contribution < 1.29 is 0 Å². The predicted octanol–water partition coefficient (Wildman–Crippen LogP) is 4.91. The van der Waals surface area contributed by atoms with Crippen LogP contribution in [0.4, 0.5) is 5.82 Å². The summed E-state index contributed by atoms with van der Waals surface area (Å²) in [5.74, 6) is 1.48. The van der Waals surface area contributed by atoms with Gasteiger partial charge in [0.15, 0.2) is 0 Å².